The maximum atomic E-state index is 13.7. The molecule has 29 heavy (non-hydrogen) atoms. The molecule has 2 aromatic heterocycles. The van der Waals surface area contributed by atoms with Crippen molar-refractivity contribution < 1.29 is 9.47 Å². The zero-order valence-electron chi connectivity index (χ0n) is 16.5. The van der Waals surface area contributed by atoms with Gasteiger partial charge in [-0.25, -0.2) is 4.98 Å². The number of thioether (sulfide) groups is 1. The van der Waals surface area contributed by atoms with Gasteiger partial charge in [0.05, 0.1) is 30.0 Å². The van der Waals surface area contributed by atoms with Crippen LogP contribution in [0.1, 0.15) is 16.0 Å². The molecule has 4 heterocycles. The van der Waals surface area contributed by atoms with Gasteiger partial charge in [-0.05, 0) is 43.7 Å². The third-order valence-electron chi connectivity index (χ3n) is 5.33. The van der Waals surface area contributed by atoms with E-state index in [2.05, 4.69) is 11.9 Å². The highest BCUT2D eigenvalue weighted by atomic mass is 32.2. The zero-order valence-corrected chi connectivity index (χ0v) is 18.1. The van der Waals surface area contributed by atoms with E-state index in [4.69, 9.17) is 14.5 Å². The minimum Gasteiger partial charge on any atom is -0.349 e. The molecule has 3 aromatic rings. The fourth-order valence-corrected chi connectivity index (χ4v) is 6.19. The van der Waals surface area contributed by atoms with Crippen LogP contribution >= 0.6 is 23.1 Å². The van der Waals surface area contributed by atoms with Crippen LogP contribution in [0, 0.1) is 6.92 Å². The molecule has 2 aliphatic heterocycles. The van der Waals surface area contributed by atoms with Crippen molar-refractivity contribution >= 4 is 33.3 Å². The molecule has 8 heteroatoms. The molecule has 6 nitrogen and oxygen atoms in total. The first-order valence-electron chi connectivity index (χ1n) is 9.79. The van der Waals surface area contributed by atoms with Crippen LogP contribution in [-0.4, -0.2) is 53.3 Å². The van der Waals surface area contributed by atoms with Crippen LogP contribution in [-0.2, 0) is 22.4 Å². The predicted molar refractivity (Wildman–Crippen MR) is 116 cm³/mol. The van der Waals surface area contributed by atoms with Gasteiger partial charge in [-0.1, -0.05) is 23.9 Å². The number of ether oxygens (including phenoxy) is 2. The van der Waals surface area contributed by atoms with Crippen molar-refractivity contribution in [1.29, 1.82) is 0 Å². The second-order valence-electron chi connectivity index (χ2n) is 7.53. The number of aryl methyl sites for hydroxylation is 1. The van der Waals surface area contributed by atoms with Crippen LogP contribution in [0.5, 0.6) is 0 Å². The van der Waals surface area contributed by atoms with Crippen molar-refractivity contribution in [2.75, 3.05) is 32.6 Å². The van der Waals surface area contributed by atoms with Crippen molar-refractivity contribution in [2.24, 2.45) is 0 Å². The Hall–Kier alpha value is -1.71. The van der Waals surface area contributed by atoms with Gasteiger partial charge in [-0.3, -0.25) is 9.36 Å². The van der Waals surface area contributed by atoms with E-state index in [1.807, 2.05) is 31.2 Å². The summed E-state index contributed by atoms with van der Waals surface area (Å²) in [6.07, 6.45) is 0.649. The molecule has 0 radical (unpaired) electrons. The summed E-state index contributed by atoms with van der Waals surface area (Å²) >= 11 is 3.17. The summed E-state index contributed by atoms with van der Waals surface area (Å²) in [5.74, 6) is 0.609. The standard InChI is InChI=1S/C21H23N3O3S2/c1-13-4-3-5-14(10-13)24-20(25)18-15-6-7-23(2)11-16(15)29-19(18)22-21(24)28-12-17-26-8-9-27-17/h3-5,10,17H,6-9,11-12H2,1-2H3. The van der Waals surface area contributed by atoms with Gasteiger partial charge in [0.1, 0.15) is 4.83 Å². The summed E-state index contributed by atoms with van der Waals surface area (Å²) in [6, 6.07) is 8.03. The minimum absolute atomic E-state index is 0.0263. The number of aromatic nitrogens is 2. The Balaban J connectivity index is 1.66. The Morgan fingerprint density at radius 1 is 1.31 bits per heavy atom. The topological polar surface area (TPSA) is 56.6 Å². The largest absolute Gasteiger partial charge is 0.349 e. The monoisotopic (exact) mass is 429 g/mol. The average molecular weight is 430 g/mol. The Morgan fingerprint density at radius 3 is 2.93 bits per heavy atom. The Bertz CT molecular complexity index is 1120. The lowest BCUT2D eigenvalue weighted by molar-refractivity contribution is -0.0215. The van der Waals surface area contributed by atoms with Crippen LogP contribution in [0.4, 0.5) is 0 Å². The maximum Gasteiger partial charge on any atom is 0.267 e. The third kappa shape index (κ3) is 3.64. The number of hydrogen-bond donors (Lipinski definition) is 0. The van der Waals surface area contributed by atoms with Gasteiger partial charge in [-0.2, -0.15) is 0 Å². The predicted octanol–water partition coefficient (Wildman–Crippen LogP) is 3.21. The highest BCUT2D eigenvalue weighted by Crippen LogP contribution is 2.34. The van der Waals surface area contributed by atoms with E-state index in [9.17, 15) is 4.79 Å². The molecule has 0 spiro atoms. The van der Waals surface area contributed by atoms with E-state index in [1.165, 1.54) is 22.2 Å². The first-order chi connectivity index (χ1) is 14.1. The Kier molecular flexibility index (Phi) is 5.21. The van der Waals surface area contributed by atoms with E-state index in [0.717, 1.165) is 41.0 Å². The Morgan fingerprint density at radius 2 is 2.14 bits per heavy atom. The third-order valence-corrected chi connectivity index (χ3v) is 7.42. The highest BCUT2D eigenvalue weighted by Gasteiger charge is 2.25. The van der Waals surface area contributed by atoms with Gasteiger partial charge < -0.3 is 14.4 Å². The SMILES string of the molecule is Cc1cccc(-n2c(SCC3OCCO3)nc3sc4c(c3c2=O)CCN(C)C4)c1. The van der Waals surface area contributed by atoms with Crippen LogP contribution in [0.25, 0.3) is 15.9 Å². The number of benzene rings is 1. The number of fused-ring (bicyclic) bond motifs is 3. The van der Waals surface area contributed by atoms with Gasteiger partial charge in [0.25, 0.3) is 5.56 Å². The number of nitrogens with zero attached hydrogens (tertiary/aromatic N) is 3. The molecule has 0 N–H and O–H groups in total. The number of rotatable bonds is 4. The molecular weight excluding hydrogens is 406 g/mol. The first-order valence-corrected chi connectivity index (χ1v) is 11.6. The summed E-state index contributed by atoms with van der Waals surface area (Å²) in [5.41, 5.74) is 3.18. The normalized spacial score (nSPS) is 17.9. The molecular formula is C21H23N3O3S2. The fraction of sp³-hybridized carbons (Fsp3) is 0.429. The molecule has 1 fully saturated rings. The second kappa shape index (κ2) is 7.85. The van der Waals surface area contributed by atoms with E-state index in [0.29, 0.717) is 24.1 Å². The quantitative estimate of drug-likeness (QED) is 0.469. The minimum atomic E-state index is -0.247. The van der Waals surface area contributed by atoms with Gasteiger partial charge in [0, 0.05) is 18.0 Å². The molecule has 0 amide bonds. The van der Waals surface area contributed by atoms with Gasteiger partial charge in [0.15, 0.2) is 11.4 Å². The second-order valence-corrected chi connectivity index (χ2v) is 9.60. The summed E-state index contributed by atoms with van der Waals surface area (Å²) in [4.78, 5) is 23.1. The summed E-state index contributed by atoms with van der Waals surface area (Å²) < 4.78 is 12.9. The molecule has 0 aliphatic carbocycles. The van der Waals surface area contributed by atoms with Crippen molar-refractivity contribution in [2.45, 2.75) is 31.3 Å². The molecule has 0 atom stereocenters. The van der Waals surface area contributed by atoms with Gasteiger partial charge >= 0.3 is 0 Å². The first kappa shape index (κ1) is 19.3. The van der Waals surface area contributed by atoms with E-state index < -0.39 is 0 Å². The lowest BCUT2D eigenvalue weighted by atomic mass is 10.1. The van der Waals surface area contributed by atoms with E-state index >= 15 is 0 Å². The van der Waals surface area contributed by atoms with Crippen molar-refractivity contribution in [1.82, 2.24) is 14.5 Å². The maximum absolute atomic E-state index is 13.7. The zero-order chi connectivity index (χ0) is 20.0. The fourth-order valence-electron chi connectivity index (χ4n) is 3.89. The lowest BCUT2D eigenvalue weighted by Crippen LogP contribution is -2.27. The van der Waals surface area contributed by atoms with Crippen LogP contribution in [0.15, 0.2) is 34.2 Å². The molecule has 0 unspecified atom stereocenters. The number of likely N-dealkylation sites (N-methyl/N-ethyl adjacent to an activating group) is 1. The average Bonchev–Trinajstić information content (AvgIpc) is 3.33. The Labute approximate surface area is 177 Å². The van der Waals surface area contributed by atoms with Gasteiger partial charge in [0.2, 0.25) is 0 Å². The molecule has 1 aromatic carbocycles. The molecule has 152 valence electrons. The summed E-state index contributed by atoms with van der Waals surface area (Å²) in [6.45, 7) is 5.12. The van der Waals surface area contributed by atoms with Crippen molar-refractivity contribution in [3.63, 3.8) is 0 Å². The highest BCUT2D eigenvalue weighted by molar-refractivity contribution is 7.99. The van der Waals surface area contributed by atoms with Crippen LogP contribution in [0.2, 0.25) is 0 Å². The summed E-state index contributed by atoms with van der Waals surface area (Å²) in [5, 5.41) is 1.48. The number of hydrogen-bond acceptors (Lipinski definition) is 7. The van der Waals surface area contributed by atoms with Crippen LogP contribution in [0.3, 0.4) is 0 Å². The lowest BCUT2D eigenvalue weighted by Gasteiger charge is -2.21. The smallest absolute Gasteiger partial charge is 0.267 e. The van der Waals surface area contributed by atoms with Crippen molar-refractivity contribution in [3.05, 3.63) is 50.6 Å². The number of thiophene rings is 1. The molecule has 0 saturated carbocycles. The summed E-state index contributed by atoms with van der Waals surface area (Å²) in [7, 11) is 2.12. The van der Waals surface area contributed by atoms with E-state index in [1.54, 1.807) is 15.9 Å². The van der Waals surface area contributed by atoms with E-state index in [-0.39, 0.29) is 11.8 Å². The molecule has 2 aliphatic rings. The van der Waals surface area contributed by atoms with Gasteiger partial charge in [-0.15, -0.1) is 11.3 Å². The molecule has 5 rings (SSSR count). The molecule has 1 saturated heterocycles. The van der Waals surface area contributed by atoms with Crippen LogP contribution < -0.4 is 5.56 Å². The molecule has 0 bridgehead atoms. The van der Waals surface area contributed by atoms with Crippen molar-refractivity contribution in [3.8, 4) is 5.69 Å².